The summed E-state index contributed by atoms with van der Waals surface area (Å²) in [6.07, 6.45) is -3.02. The molecule has 0 aliphatic heterocycles. The summed E-state index contributed by atoms with van der Waals surface area (Å²) >= 11 is 0. The van der Waals surface area contributed by atoms with Crippen molar-refractivity contribution in [1.82, 2.24) is 0 Å². The van der Waals surface area contributed by atoms with Crippen molar-refractivity contribution in [2.45, 2.75) is 44.4 Å². The fourth-order valence-electron chi connectivity index (χ4n) is 3.61. The highest BCUT2D eigenvalue weighted by Crippen LogP contribution is 2.45. The van der Waals surface area contributed by atoms with Crippen LogP contribution in [0.3, 0.4) is 0 Å². The van der Waals surface area contributed by atoms with Gasteiger partial charge in [0.25, 0.3) is 0 Å². The minimum atomic E-state index is -4.63. The third kappa shape index (κ3) is 3.41. The molecule has 0 spiro atoms. The van der Waals surface area contributed by atoms with Gasteiger partial charge in [-0.25, -0.2) is 4.79 Å². The molecule has 1 unspecified atom stereocenters. The first-order chi connectivity index (χ1) is 12.1. The van der Waals surface area contributed by atoms with Crippen molar-refractivity contribution in [1.29, 1.82) is 0 Å². The van der Waals surface area contributed by atoms with Gasteiger partial charge >= 0.3 is 12.1 Å². The summed E-state index contributed by atoms with van der Waals surface area (Å²) in [5.74, 6) is -1.83. The number of carbonyl (C=O) groups is 1. The highest BCUT2D eigenvalue weighted by atomic mass is 19.4. The van der Waals surface area contributed by atoms with E-state index in [0.29, 0.717) is 0 Å². The molecule has 26 heavy (non-hydrogen) atoms. The Hall–Kier alpha value is -2.50. The Morgan fingerprint density at radius 2 is 1.85 bits per heavy atom. The Labute approximate surface area is 149 Å². The molecule has 0 heterocycles. The van der Waals surface area contributed by atoms with Crippen LogP contribution in [0.25, 0.3) is 0 Å². The number of carboxylic acids is 1. The van der Waals surface area contributed by atoms with Crippen LogP contribution in [0.5, 0.6) is 5.75 Å². The van der Waals surface area contributed by atoms with Crippen LogP contribution in [0, 0.1) is 0 Å². The smallest absolute Gasteiger partial charge is 0.419 e. The molecule has 0 saturated heterocycles. The zero-order valence-corrected chi connectivity index (χ0v) is 14.4. The number of rotatable bonds is 4. The summed E-state index contributed by atoms with van der Waals surface area (Å²) in [6, 6.07) is 10.5. The number of fused-ring (bicyclic) bond motifs is 1. The van der Waals surface area contributed by atoms with Gasteiger partial charge < -0.3 is 9.84 Å². The predicted octanol–water partition coefficient (Wildman–Crippen LogP) is 5.29. The van der Waals surface area contributed by atoms with Crippen molar-refractivity contribution in [2.24, 2.45) is 0 Å². The van der Waals surface area contributed by atoms with Crippen LogP contribution in [-0.2, 0) is 12.6 Å². The van der Waals surface area contributed by atoms with Gasteiger partial charge in [-0.1, -0.05) is 24.3 Å². The van der Waals surface area contributed by atoms with Crippen LogP contribution >= 0.6 is 0 Å². The van der Waals surface area contributed by atoms with Crippen LogP contribution in [0.1, 0.15) is 53.2 Å². The molecule has 0 saturated carbocycles. The maximum atomic E-state index is 13.3. The summed E-state index contributed by atoms with van der Waals surface area (Å²) in [7, 11) is 0. The van der Waals surface area contributed by atoms with Crippen molar-refractivity contribution in [3.63, 3.8) is 0 Å². The standard InChI is InChI=1S/C20H19F3O3/c1-19(2,15-9-7-12-5-3-4-6-14(12)15)26-17-11-13(18(24)25)8-10-16(17)20(21,22)23/h3-6,8,10-11,15H,7,9H2,1-2H3,(H,24,25). The van der Waals surface area contributed by atoms with Crippen LogP contribution in [-0.4, -0.2) is 16.7 Å². The lowest BCUT2D eigenvalue weighted by atomic mass is 9.85. The Morgan fingerprint density at radius 1 is 1.15 bits per heavy atom. The molecular formula is C20H19F3O3. The van der Waals surface area contributed by atoms with Gasteiger partial charge in [-0.05, 0) is 56.0 Å². The third-order valence-electron chi connectivity index (χ3n) is 4.88. The lowest BCUT2D eigenvalue weighted by molar-refractivity contribution is -0.140. The highest BCUT2D eigenvalue weighted by Gasteiger charge is 2.40. The van der Waals surface area contributed by atoms with E-state index in [1.54, 1.807) is 13.8 Å². The first-order valence-corrected chi connectivity index (χ1v) is 8.31. The fourth-order valence-corrected chi connectivity index (χ4v) is 3.61. The number of hydrogen-bond acceptors (Lipinski definition) is 2. The van der Waals surface area contributed by atoms with E-state index in [-0.39, 0.29) is 11.5 Å². The molecule has 0 amide bonds. The zero-order chi connectivity index (χ0) is 19.1. The summed E-state index contributed by atoms with van der Waals surface area (Å²) in [5.41, 5.74) is 0.103. The van der Waals surface area contributed by atoms with Gasteiger partial charge in [-0.3, -0.25) is 0 Å². The molecule has 2 aromatic carbocycles. The van der Waals surface area contributed by atoms with Gasteiger partial charge in [0, 0.05) is 5.92 Å². The summed E-state index contributed by atoms with van der Waals surface area (Å²) in [4.78, 5) is 11.2. The quantitative estimate of drug-likeness (QED) is 0.802. The van der Waals surface area contributed by atoms with Crippen molar-refractivity contribution in [3.05, 3.63) is 64.7 Å². The average molecular weight is 364 g/mol. The topological polar surface area (TPSA) is 46.5 Å². The predicted molar refractivity (Wildman–Crippen MR) is 90.6 cm³/mol. The van der Waals surface area contributed by atoms with Gasteiger partial charge in [0.1, 0.15) is 11.4 Å². The number of hydrogen-bond donors (Lipinski definition) is 1. The second-order valence-electron chi connectivity index (χ2n) is 7.01. The van der Waals surface area contributed by atoms with Crippen molar-refractivity contribution in [3.8, 4) is 5.75 Å². The van der Waals surface area contributed by atoms with E-state index in [2.05, 4.69) is 0 Å². The Bertz CT molecular complexity index is 840. The number of aromatic carboxylic acids is 1. The minimum absolute atomic E-state index is 0.0757. The number of aryl methyl sites for hydroxylation is 1. The molecule has 1 atom stereocenters. The summed E-state index contributed by atoms with van der Waals surface area (Å²) in [5, 5.41) is 9.11. The summed E-state index contributed by atoms with van der Waals surface area (Å²) < 4.78 is 45.8. The van der Waals surface area contributed by atoms with Crippen molar-refractivity contribution >= 4 is 5.97 Å². The third-order valence-corrected chi connectivity index (χ3v) is 4.88. The second kappa shape index (κ2) is 6.34. The minimum Gasteiger partial charge on any atom is -0.487 e. The first kappa shape index (κ1) is 18.3. The SMILES string of the molecule is CC(C)(Oc1cc(C(=O)O)ccc1C(F)(F)F)C1CCc2ccccc21. The molecule has 3 nitrogen and oxygen atoms in total. The van der Waals surface area contributed by atoms with Crippen molar-refractivity contribution in [2.75, 3.05) is 0 Å². The molecule has 0 aromatic heterocycles. The largest absolute Gasteiger partial charge is 0.487 e. The summed E-state index contributed by atoms with van der Waals surface area (Å²) in [6.45, 7) is 3.49. The molecule has 0 fully saturated rings. The van der Waals surface area contributed by atoms with Crippen LogP contribution in [0.15, 0.2) is 42.5 Å². The van der Waals surface area contributed by atoms with Gasteiger partial charge in [-0.15, -0.1) is 0 Å². The lowest BCUT2D eigenvalue weighted by Gasteiger charge is -2.34. The van der Waals surface area contributed by atoms with Crippen LogP contribution in [0.4, 0.5) is 13.2 Å². The molecule has 2 aromatic rings. The van der Waals surface area contributed by atoms with Gasteiger partial charge in [0.2, 0.25) is 0 Å². The molecule has 1 aliphatic rings. The molecule has 1 aliphatic carbocycles. The van der Waals surface area contributed by atoms with E-state index in [4.69, 9.17) is 9.84 Å². The van der Waals surface area contributed by atoms with E-state index in [9.17, 15) is 18.0 Å². The monoisotopic (exact) mass is 364 g/mol. The van der Waals surface area contributed by atoms with Gasteiger partial charge in [0.05, 0.1) is 11.1 Å². The Morgan fingerprint density at radius 3 is 2.50 bits per heavy atom. The number of alkyl halides is 3. The van der Waals surface area contributed by atoms with Gasteiger partial charge in [0.15, 0.2) is 0 Å². The van der Waals surface area contributed by atoms with Gasteiger partial charge in [-0.2, -0.15) is 13.2 Å². The molecular weight excluding hydrogens is 345 g/mol. The van der Waals surface area contributed by atoms with E-state index < -0.39 is 29.1 Å². The molecule has 6 heteroatoms. The van der Waals surface area contributed by atoms with E-state index >= 15 is 0 Å². The molecule has 0 radical (unpaired) electrons. The number of ether oxygens (including phenoxy) is 1. The Balaban J connectivity index is 1.99. The Kier molecular flexibility index (Phi) is 4.46. The molecule has 1 N–H and O–H groups in total. The molecule has 138 valence electrons. The maximum Gasteiger partial charge on any atom is 0.419 e. The fraction of sp³-hybridized carbons (Fsp3) is 0.350. The molecule has 3 rings (SSSR count). The number of benzene rings is 2. The van der Waals surface area contributed by atoms with E-state index in [0.717, 1.165) is 36.6 Å². The van der Waals surface area contributed by atoms with Crippen molar-refractivity contribution < 1.29 is 27.8 Å². The van der Waals surface area contributed by atoms with Crippen LogP contribution in [0.2, 0.25) is 0 Å². The average Bonchev–Trinajstić information content (AvgIpc) is 2.98. The van der Waals surface area contributed by atoms with Crippen LogP contribution < -0.4 is 4.74 Å². The lowest BCUT2D eigenvalue weighted by Crippen LogP contribution is -2.35. The maximum absolute atomic E-state index is 13.3. The number of halogens is 3. The number of carboxylic acid groups (broad SMARTS) is 1. The highest BCUT2D eigenvalue weighted by molar-refractivity contribution is 5.88. The first-order valence-electron chi connectivity index (χ1n) is 8.31. The van der Waals surface area contributed by atoms with E-state index in [1.807, 2.05) is 24.3 Å². The molecule has 0 bridgehead atoms. The normalized spacial score (nSPS) is 17.0. The second-order valence-corrected chi connectivity index (χ2v) is 7.01. The van der Waals surface area contributed by atoms with E-state index in [1.165, 1.54) is 5.56 Å². The zero-order valence-electron chi connectivity index (χ0n) is 14.4.